The molecule has 1 aliphatic carbocycles. The summed E-state index contributed by atoms with van der Waals surface area (Å²) in [6, 6.07) is 8.21. The standard InChI is InChI=1S/C18H23N5O/c24-17-3-1-2-16(17)20-10-13-11-23(12-13)18-5-4-15(21-22-18)14-6-8-19-9-7-14/h4-9,13,16-17,20,24H,1-3,10-12H2. The number of aliphatic hydroxyl groups is 1. The Morgan fingerprint density at radius 1 is 1.08 bits per heavy atom. The van der Waals surface area contributed by atoms with Gasteiger partial charge in [-0.1, -0.05) is 0 Å². The van der Waals surface area contributed by atoms with Crippen molar-refractivity contribution in [2.24, 2.45) is 5.92 Å². The van der Waals surface area contributed by atoms with Crippen LogP contribution in [0.3, 0.4) is 0 Å². The lowest BCUT2D eigenvalue weighted by molar-refractivity contribution is 0.145. The first kappa shape index (κ1) is 15.5. The van der Waals surface area contributed by atoms with Gasteiger partial charge in [-0.25, -0.2) is 0 Å². The summed E-state index contributed by atoms with van der Waals surface area (Å²) in [4.78, 5) is 6.27. The number of anilines is 1. The summed E-state index contributed by atoms with van der Waals surface area (Å²) in [5.74, 6) is 1.56. The minimum Gasteiger partial charge on any atom is -0.392 e. The van der Waals surface area contributed by atoms with Gasteiger partial charge >= 0.3 is 0 Å². The first-order chi connectivity index (χ1) is 11.8. The molecule has 1 aliphatic heterocycles. The SMILES string of the molecule is OC1CCCC1NCC1CN(c2ccc(-c3ccncc3)nn2)C1. The van der Waals surface area contributed by atoms with Crippen LogP contribution in [0.1, 0.15) is 19.3 Å². The molecule has 3 heterocycles. The first-order valence-corrected chi connectivity index (χ1v) is 8.70. The van der Waals surface area contributed by atoms with E-state index in [2.05, 4.69) is 25.4 Å². The van der Waals surface area contributed by atoms with E-state index in [-0.39, 0.29) is 6.10 Å². The van der Waals surface area contributed by atoms with Gasteiger partial charge in [0.15, 0.2) is 5.82 Å². The topological polar surface area (TPSA) is 74.2 Å². The smallest absolute Gasteiger partial charge is 0.151 e. The summed E-state index contributed by atoms with van der Waals surface area (Å²) in [5.41, 5.74) is 1.90. The summed E-state index contributed by atoms with van der Waals surface area (Å²) >= 11 is 0. The summed E-state index contributed by atoms with van der Waals surface area (Å²) < 4.78 is 0. The highest BCUT2D eigenvalue weighted by molar-refractivity contribution is 5.59. The Hall–Kier alpha value is -2.05. The van der Waals surface area contributed by atoms with Crippen LogP contribution in [0.15, 0.2) is 36.7 Å². The van der Waals surface area contributed by atoms with Crippen LogP contribution in [0, 0.1) is 5.92 Å². The van der Waals surface area contributed by atoms with Crippen molar-refractivity contribution in [2.45, 2.75) is 31.4 Å². The van der Waals surface area contributed by atoms with Crippen molar-refractivity contribution in [3.8, 4) is 11.3 Å². The van der Waals surface area contributed by atoms with Gasteiger partial charge in [0.2, 0.25) is 0 Å². The van der Waals surface area contributed by atoms with E-state index in [0.717, 1.165) is 56.0 Å². The molecule has 2 aromatic rings. The molecular weight excluding hydrogens is 302 g/mol. The van der Waals surface area contributed by atoms with Gasteiger partial charge in [-0.3, -0.25) is 4.98 Å². The minimum absolute atomic E-state index is 0.159. The predicted molar refractivity (Wildman–Crippen MR) is 92.6 cm³/mol. The number of hydrogen-bond donors (Lipinski definition) is 2. The van der Waals surface area contributed by atoms with E-state index in [1.807, 2.05) is 24.3 Å². The van der Waals surface area contributed by atoms with E-state index in [0.29, 0.717) is 12.0 Å². The molecule has 2 fully saturated rings. The number of hydrogen-bond acceptors (Lipinski definition) is 6. The normalized spacial score (nSPS) is 24.1. The summed E-state index contributed by atoms with van der Waals surface area (Å²) in [6.07, 6.45) is 6.54. The molecule has 0 aromatic carbocycles. The van der Waals surface area contributed by atoms with Gasteiger partial charge in [0.25, 0.3) is 0 Å². The van der Waals surface area contributed by atoms with Gasteiger partial charge in [-0.15, -0.1) is 10.2 Å². The molecule has 2 unspecified atom stereocenters. The van der Waals surface area contributed by atoms with E-state index in [9.17, 15) is 5.11 Å². The maximum Gasteiger partial charge on any atom is 0.151 e. The summed E-state index contributed by atoms with van der Waals surface area (Å²) in [6.45, 7) is 2.97. The van der Waals surface area contributed by atoms with Crippen LogP contribution >= 0.6 is 0 Å². The molecule has 2 aromatic heterocycles. The van der Waals surface area contributed by atoms with Crippen molar-refractivity contribution in [3.63, 3.8) is 0 Å². The molecule has 4 rings (SSSR count). The maximum atomic E-state index is 9.85. The summed E-state index contributed by atoms with van der Waals surface area (Å²) in [7, 11) is 0. The third-order valence-corrected chi connectivity index (χ3v) is 5.06. The molecule has 0 bridgehead atoms. The number of rotatable bonds is 5. The van der Waals surface area contributed by atoms with E-state index in [4.69, 9.17) is 0 Å². The van der Waals surface area contributed by atoms with Crippen LogP contribution in [-0.2, 0) is 0 Å². The van der Waals surface area contributed by atoms with Crippen LogP contribution in [0.2, 0.25) is 0 Å². The average Bonchev–Trinajstić information content (AvgIpc) is 3.00. The number of nitrogens with one attached hydrogen (secondary N) is 1. The van der Waals surface area contributed by atoms with Gasteiger partial charge in [-0.05, 0) is 43.5 Å². The van der Waals surface area contributed by atoms with Crippen molar-refractivity contribution in [2.75, 3.05) is 24.5 Å². The van der Waals surface area contributed by atoms with E-state index in [1.165, 1.54) is 0 Å². The highest BCUT2D eigenvalue weighted by Crippen LogP contribution is 2.25. The highest BCUT2D eigenvalue weighted by Gasteiger charge is 2.30. The third kappa shape index (κ3) is 3.25. The van der Waals surface area contributed by atoms with Crippen molar-refractivity contribution in [1.82, 2.24) is 20.5 Å². The molecule has 6 heteroatoms. The van der Waals surface area contributed by atoms with E-state index < -0.39 is 0 Å². The monoisotopic (exact) mass is 325 g/mol. The van der Waals surface area contributed by atoms with Gasteiger partial charge in [0.1, 0.15) is 0 Å². The summed E-state index contributed by atoms with van der Waals surface area (Å²) in [5, 5.41) is 22.0. The highest BCUT2D eigenvalue weighted by atomic mass is 16.3. The largest absolute Gasteiger partial charge is 0.392 e. The Morgan fingerprint density at radius 2 is 1.92 bits per heavy atom. The molecule has 126 valence electrons. The molecule has 24 heavy (non-hydrogen) atoms. The van der Waals surface area contributed by atoms with Crippen molar-refractivity contribution in [3.05, 3.63) is 36.7 Å². The lowest BCUT2D eigenvalue weighted by atomic mass is 9.99. The van der Waals surface area contributed by atoms with E-state index >= 15 is 0 Å². The fraction of sp³-hybridized carbons (Fsp3) is 0.500. The molecule has 6 nitrogen and oxygen atoms in total. The molecule has 2 atom stereocenters. The molecule has 0 amide bonds. The Labute approximate surface area is 141 Å². The minimum atomic E-state index is -0.159. The van der Waals surface area contributed by atoms with Crippen molar-refractivity contribution < 1.29 is 5.11 Å². The molecule has 2 N–H and O–H groups in total. The van der Waals surface area contributed by atoms with Gasteiger partial charge in [0, 0.05) is 49.6 Å². The second-order valence-electron chi connectivity index (χ2n) is 6.80. The lowest BCUT2D eigenvalue weighted by Crippen LogP contribution is -2.53. The van der Waals surface area contributed by atoms with Crippen LogP contribution in [0.25, 0.3) is 11.3 Å². The van der Waals surface area contributed by atoms with Crippen molar-refractivity contribution >= 4 is 5.82 Å². The Bertz CT molecular complexity index is 657. The zero-order chi connectivity index (χ0) is 16.4. The molecule has 1 saturated heterocycles. The van der Waals surface area contributed by atoms with Gasteiger partial charge in [-0.2, -0.15) is 0 Å². The molecule has 1 saturated carbocycles. The Balaban J connectivity index is 1.28. The maximum absolute atomic E-state index is 9.85. The van der Waals surface area contributed by atoms with E-state index in [1.54, 1.807) is 12.4 Å². The zero-order valence-electron chi connectivity index (χ0n) is 13.7. The van der Waals surface area contributed by atoms with Crippen LogP contribution in [0.4, 0.5) is 5.82 Å². The lowest BCUT2D eigenvalue weighted by Gasteiger charge is -2.40. The fourth-order valence-electron chi connectivity index (χ4n) is 3.55. The average molecular weight is 325 g/mol. The van der Waals surface area contributed by atoms with Crippen LogP contribution in [0.5, 0.6) is 0 Å². The Kier molecular flexibility index (Phi) is 4.40. The number of aromatic nitrogens is 3. The first-order valence-electron chi connectivity index (χ1n) is 8.70. The predicted octanol–water partition coefficient (Wildman–Crippen LogP) is 1.48. The second kappa shape index (κ2) is 6.83. The Morgan fingerprint density at radius 3 is 2.58 bits per heavy atom. The number of pyridine rings is 1. The molecule has 2 aliphatic rings. The number of nitrogens with zero attached hydrogens (tertiary/aromatic N) is 4. The van der Waals surface area contributed by atoms with Gasteiger partial charge < -0.3 is 15.3 Å². The fourth-order valence-corrected chi connectivity index (χ4v) is 3.55. The van der Waals surface area contributed by atoms with Crippen LogP contribution < -0.4 is 10.2 Å². The molecule has 0 radical (unpaired) electrons. The van der Waals surface area contributed by atoms with Crippen LogP contribution in [-0.4, -0.2) is 52.1 Å². The number of aliphatic hydroxyl groups excluding tert-OH is 1. The second-order valence-corrected chi connectivity index (χ2v) is 6.80. The molecular formula is C18H23N5O. The van der Waals surface area contributed by atoms with Gasteiger partial charge in [0.05, 0.1) is 11.8 Å². The quantitative estimate of drug-likeness (QED) is 0.867. The zero-order valence-corrected chi connectivity index (χ0v) is 13.7. The molecule has 0 spiro atoms. The van der Waals surface area contributed by atoms with Crippen molar-refractivity contribution in [1.29, 1.82) is 0 Å². The third-order valence-electron chi connectivity index (χ3n) is 5.06.